The lowest BCUT2D eigenvalue weighted by Crippen LogP contribution is -2.22. The van der Waals surface area contributed by atoms with Crippen LogP contribution in [0.4, 0.5) is 5.13 Å². The number of para-hydroxylation sites is 1. The quantitative estimate of drug-likeness (QED) is 0.229. The third kappa shape index (κ3) is 5.07. The molecule has 182 valence electrons. The maximum atomic E-state index is 12.9. The first-order valence-electron chi connectivity index (χ1n) is 11.3. The molecule has 9 heteroatoms. The number of anilines is 1. The summed E-state index contributed by atoms with van der Waals surface area (Å²) in [6.07, 6.45) is 0. The van der Waals surface area contributed by atoms with Crippen molar-refractivity contribution in [1.29, 1.82) is 0 Å². The number of methoxy groups -OCH3 is 2. The Bertz CT molecular complexity index is 1400. The van der Waals surface area contributed by atoms with E-state index in [1.165, 1.54) is 23.1 Å². The summed E-state index contributed by atoms with van der Waals surface area (Å²) in [5.74, 6) is 1.42. The monoisotopic (exact) mass is 516 g/mol. The minimum atomic E-state index is -0.393. The number of amides is 1. The lowest BCUT2D eigenvalue weighted by Gasteiger charge is -2.08. The number of benzene rings is 3. The van der Waals surface area contributed by atoms with Crippen molar-refractivity contribution in [3.63, 3.8) is 0 Å². The molecular formula is C27H24N4O3S2. The number of carbonyl (C=O) groups is 1. The molecule has 2 heterocycles. The Morgan fingerprint density at radius 1 is 0.917 bits per heavy atom. The zero-order chi connectivity index (χ0) is 25.1. The number of rotatable bonds is 8. The van der Waals surface area contributed by atoms with E-state index in [9.17, 15) is 4.79 Å². The summed E-state index contributed by atoms with van der Waals surface area (Å²) in [5.41, 5.74) is 4.44. The maximum absolute atomic E-state index is 12.9. The van der Waals surface area contributed by atoms with Crippen LogP contribution in [0, 0.1) is 0 Å². The summed E-state index contributed by atoms with van der Waals surface area (Å²) in [6, 6.07) is 23.4. The highest BCUT2D eigenvalue weighted by atomic mass is 32.2. The van der Waals surface area contributed by atoms with Gasteiger partial charge in [0, 0.05) is 11.1 Å². The Hall–Kier alpha value is -3.82. The van der Waals surface area contributed by atoms with Gasteiger partial charge in [0.25, 0.3) is 0 Å². The van der Waals surface area contributed by atoms with Gasteiger partial charge in [-0.2, -0.15) is 0 Å². The van der Waals surface area contributed by atoms with Crippen molar-refractivity contribution in [2.75, 3.05) is 19.5 Å². The smallest absolute Gasteiger partial charge is 0.239 e. The summed E-state index contributed by atoms with van der Waals surface area (Å²) in [4.78, 5) is 25.7. The Morgan fingerprint density at radius 2 is 1.56 bits per heavy atom. The van der Waals surface area contributed by atoms with E-state index in [4.69, 9.17) is 14.5 Å². The molecule has 0 saturated heterocycles. The number of nitrogens with one attached hydrogen (secondary N) is 2. The fourth-order valence-electron chi connectivity index (χ4n) is 3.69. The van der Waals surface area contributed by atoms with E-state index in [0.717, 1.165) is 44.2 Å². The SMILES string of the molecule is COc1ccc(-c2nc(SC(C)C(=O)Nc3nc4ccccc4s3)[nH]c2-c2ccc(OC)cc2)cc1. The van der Waals surface area contributed by atoms with Crippen molar-refractivity contribution in [3.05, 3.63) is 72.8 Å². The predicted octanol–water partition coefficient (Wildman–Crippen LogP) is 6.49. The summed E-state index contributed by atoms with van der Waals surface area (Å²) in [5, 5.41) is 3.79. The van der Waals surface area contributed by atoms with Crippen LogP contribution >= 0.6 is 23.1 Å². The first kappa shape index (κ1) is 23.9. The van der Waals surface area contributed by atoms with Crippen LogP contribution in [-0.4, -0.2) is 40.3 Å². The van der Waals surface area contributed by atoms with Crippen LogP contribution in [0.3, 0.4) is 0 Å². The molecule has 0 aliphatic rings. The molecule has 0 spiro atoms. The second-order valence-electron chi connectivity index (χ2n) is 7.96. The van der Waals surface area contributed by atoms with Gasteiger partial charge in [0.15, 0.2) is 10.3 Å². The van der Waals surface area contributed by atoms with Gasteiger partial charge in [-0.1, -0.05) is 35.2 Å². The molecule has 2 N–H and O–H groups in total. The molecule has 1 unspecified atom stereocenters. The molecule has 0 bridgehead atoms. The number of H-pyrrole nitrogens is 1. The highest BCUT2D eigenvalue weighted by molar-refractivity contribution is 8.00. The molecule has 2 aromatic heterocycles. The summed E-state index contributed by atoms with van der Waals surface area (Å²) in [6.45, 7) is 1.86. The molecule has 5 aromatic rings. The van der Waals surface area contributed by atoms with Gasteiger partial charge in [-0.3, -0.25) is 4.79 Å². The van der Waals surface area contributed by atoms with E-state index in [1.807, 2.05) is 79.7 Å². The summed E-state index contributed by atoms with van der Waals surface area (Å²) < 4.78 is 11.6. The highest BCUT2D eigenvalue weighted by Crippen LogP contribution is 2.35. The molecule has 5 rings (SSSR count). The lowest BCUT2D eigenvalue weighted by molar-refractivity contribution is -0.115. The molecule has 0 aliphatic heterocycles. The van der Waals surface area contributed by atoms with Crippen LogP contribution in [0.25, 0.3) is 32.7 Å². The Morgan fingerprint density at radius 3 is 2.19 bits per heavy atom. The van der Waals surface area contributed by atoms with Gasteiger partial charge >= 0.3 is 0 Å². The molecular weight excluding hydrogens is 492 g/mol. The van der Waals surface area contributed by atoms with Crippen LogP contribution in [-0.2, 0) is 4.79 Å². The molecule has 0 aliphatic carbocycles. The van der Waals surface area contributed by atoms with Crippen molar-refractivity contribution in [3.8, 4) is 34.0 Å². The largest absolute Gasteiger partial charge is 0.497 e. The minimum Gasteiger partial charge on any atom is -0.497 e. The fourth-order valence-corrected chi connectivity index (χ4v) is 5.36. The van der Waals surface area contributed by atoms with Gasteiger partial charge in [-0.15, -0.1) is 0 Å². The first-order chi connectivity index (χ1) is 17.5. The van der Waals surface area contributed by atoms with E-state index < -0.39 is 5.25 Å². The average Bonchev–Trinajstić information content (AvgIpc) is 3.52. The number of imidazole rings is 1. The Balaban J connectivity index is 1.40. The van der Waals surface area contributed by atoms with Gasteiger partial charge < -0.3 is 19.8 Å². The van der Waals surface area contributed by atoms with Crippen LogP contribution in [0.15, 0.2) is 78.0 Å². The van der Waals surface area contributed by atoms with Crippen molar-refractivity contribution < 1.29 is 14.3 Å². The summed E-state index contributed by atoms with van der Waals surface area (Å²) in [7, 11) is 3.28. The molecule has 1 atom stereocenters. The number of fused-ring (bicyclic) bond motifs is 1. The second-order valence-corrected chi connectivity index (χ2v) is 10.3. The van der Waals surface area contributed by atoms with Gasteiger partial charge in [-0.05, 0) is 67.6 Å². The molecule has 0 saturated carbocycles. The van der Waals surface area contributed by atoms with Crippen molar-refractivity contribution in [2.24, 2.45) is 0 Å². The molecule has 3 aromatic carbocycles. The zero-order valence-electron chi connectivity index (χ0n) is 19.9. The number of nitrogens with zero attached hydrogens (tertiary/aromatic N) is 2. The lowest BCUT2D eigenvalue weighted by atomic mass is 10.0. The zero-order valence-corrected chi connectivity index (χ0v) is 21.6. The normalized spacial score (nSPS) is 11.9. The average molecular weight is 517 g/mol. The number of thiazole rings is 1. The Labute approximate surface area is 216 Å². The first-order valence-corrected chi connectivity index (χ1v) is 13.0. The van der Waals surface area contributed by atoms with E-state index in [2.05, 4.69) is 15.3 Å². The van der Waals surface area contributed by atoms with Crippen LogP contribution < -0.4 is 14.8 Å². The molecule has 0 fully saturated rings. The number of ether oxygens (including phenoxy) is 2. The van der Waals surface area contributed by atoms with Gasteiger partial charge in [0.1, 0.15) is 11.5 Å². The van der Waals surface area contributed by atoms with E-state index in [1.54, 1.807) is 14.2 Å². The van der Waals surface area contributed by atoms with Crippen LogP contribution in [0.2, 0.25) is 0 Å². The van der Waals surface area contributed by atoms with Crippen molar-refractivity contribution >= 4 is 44.4 Å². The third-order valence-electron chi connectivity index (χ3n) is 5.61. The maximum Gasteiger partial charge on any atom is 0.239 e. The van der Waals surface area contributed by atoms with E-state index in [0.29, 0.717) is 10.3 Å². The van der Waals surface area contributed by atoms with E-state index >= 15 is 0 Å². The van der Waals surface area contributed by atoms with Gasteiger partial charge in [0.05, 0.1) is 41.1 Å². The van der Waals surface area contributed by atoms with E-state index in [-0.39, 0.29) is 5.91 Å². The third-order valence-corrected chi connectivity index (χ3v) is 7.54. The summed E-state index contributed by atoms with van der Waals surface area (Å²) >= 11 is 2.83. The molecule has 36 heavy (non-hydrogen) atoms. The standard InChI is InChI=1S/C27H24N4O3S2/c1-16(25(32)31-26-28-21-6-4-5-7-22(21)36-26)35-27-29-23(17-8-12-19(33-2)13-9-17)24(30-27)18-10-14-20(34-3)15-11-18/h4-16H,1-3H3,(H,29,30)(H,28,31,32). The molecule has 0 radical (unpaired) electrons. The number of hydrogen-bond acceptors (Lipinski definition) is 7. The predicted molar refractivity (Wildman–Crippen MR) is 146 cm³/mol. The number of carbonyl (C=O) groups excluding carboxylic acids is 1. The van der Waals surface area contributed by atoms with Crippen LogP contribution in [0.1, 0.15) is 6.92 Å². The fraction of sp³-hybridized carbons (Fsp3) is 0.148. The highest BCUT2D eigenvalue weighted by Gasteiger charge is 2.21. The minimum absolute atomic E-state index is 0.132. The van der Waals surface area contributed by atoms with Crippen LogP contribution in [0.5, 0.6) is 11.5 Å². The number of aromatic amines is 1. The number of aromatic nitrogens is 3. The molecule has 7 nitrogen and oxygen atoms in total. The number of hydrogen-bond donors (Lipinski definition) is 2. The number of thioether (sulfide) groups is 1. The topological polar surface area (TPSA) is 89.1 Å². The molecule has 1 amide bonds. The Kier molecular flexibility index (Phi) is 6.92. The van der Waals surface area contributed by atoms with Gasteiger partial charge in [0.2, 0.25) is 5.91 Å². The second kappa shape index (κ2) is 10.4. The van der Waals surface area contributed by atoms with Gasteiger partial charge in [-0.25, -0.2) is 9.97 Å². The van der Waals surface area contributed by atoms with Crippen molar-refractivity contribution in [2.45, 2.75) is 17.3 Å². The van der Waals surface area contributed by atoms with Crippen molar-refractivity contribution in [1.82, 2.24) is 15.0 Å².